The van der Waals surface area contributed by atoms with Crippen molar-refractivity contribution in [1.29, 1.82) is 0 Å². The van der Waals surface area contributed by atoms with E-state index in [0.29, 0.717) is 0 Å². The zero-order valence-electron chi connectivity index (χ0n) is 99.5. The van der Waals surface area contributed by atoms with Gasteiger partial charge >= 0.3 is 0 Å². The standard InChI is InChI=1S/4C4H8.C3H6P.21C3H6.29C2H4/c5*1-3-4-2;21*1-3-2;29*1-2/h4*1-4H2;1-3H2;21*1-3H2;29*1-2H2/q;;;;-1;;;;;;;;;;;;;;;;;;;;;;;;;;;;;;;;;;;;;;;;;;;;;;;;;;/p+1. The van der Waals surface area contributed by atoms with Crippen LogP contribution < -0.4 is 0 Å². The molecule has 0 fully saturated rings. The van der Waals surface area contributed by atoms with Gasteiger partial charge in [-0.25, -0.2) is 0 Å². The van der Waals surface area contributed by atoms with Crippen molar-refractivity contribution in [2.75, 3.05) is 6.16 Å². The summed E-state index contributed by atoms with van der Waals surface area (Å²) in [6, 6.07) is 0. The second-order valence-corrected chi connectivity index (χ2v) is 11.8. The first-order chi connectivity index (χ1) is 68.3. The van der Waals surface area contributed by atoms with Gasteiger partial charge in [0, 0.05) is 154 Å². The monoisotopic (exact) mass is 1990 g/mol. The van der Waals surface area contributed by atoms with Crippen molar-refractivity contribution < 1.29 is 0 Å². The first-order valence-electron chi connectivity index (χ1n) is 42.7. The van der Waals surface area contributed by atoms with E-state index in [2.05, 4.69) is 741 Å². The Morgan fingerprint density at radius 2 is 0.113 bits per heavy atom. The molecule has 1 heteroatoms. The maximum Gasteiger partial charge on any atom is 0.0670 e. The van der Waals surface area contributed by atoms with Crippen LogP contribution in [0.5, 0.6) is 0 Å². The zero-order chi connectivity index (χ0) is 132. The van der Waals surface area contributed by atoms with Gasteiger partial charge in [-0.3, -0.25) is 152 Å². The second kappa shape index (κ2) is 5130. The molecule has 0 spiro atoms. The molecule has 141 heavy (non-hydrogen) atoms. The van der Waals surface area contributed by atoms with Gasteiger partial charge in [0.1, 0.15) is 0 Å². The van der Waals surface area contributed by atoms with E-state index >= 15 is 0 Å². The summed E-state index contributed by atoms with van der Waals surface area (Å²) in [7, 11) is 0.779. The third kappa shape index (κ3) is 66500. The maximum atomic E-state index is 3.57. The quantitative estimate of drug-likeness (QED) is 0.146. The Bertz CT molecular complexity index is 488. The fourth-order valence-corrected chi connectivity index (χ4v) is 0. The predicted molar refractivity (Wildman–Crippen MR) is 754 cm³/mol. The van der Waals surface area contributed by atoms with E-state index in [-0.39, 0.29) is 0 Å². The van der Waals surface area contributed by atoms with E-state index in [1.54, 1.807) is 0 Å². The average Bonchev–Trinajstić information content (AvgIpc) is 4.20. The summed E-state index contributed by atoms with van der Waals surface area (Å²) >= 11 is 0. The molecule has 1 unspecified atom stereocenters. The summed E-state index contributed by atoms with van der Waals surface area (Å²) in [4.78, 5) is 0. The van der Waals surface area contributed by atoms with Gasteiger partial charge in [-0.05, 0) is 141 Å². The summed E-state index contributed by atoms with van der Waals surface area (Å²) in [5.41, 5.74) is 0. The van der Waals surface area contributed by atoms with Crippen LogP contribution in [0, 0.1) is 353 Å². The lowest BCUT2D eigenvalue weighted by molar-refractivity contribution is 1.05. The van der Waals surface area contributed by atoms with Crippen LogP contribution in [0.15, 0.2) is 382 Å². The average molecular weight is 2000 g/mol. The molecule has 0 amide bonds. The Balaban J connectivity index is -0.0000000101. The minimum atomic E-state index is 0.750. The van der Waals surface area contributed by atoms with Gasteiger partial charge in [0.05, 0.1) is 59.7 Å². The number of hydrogen-bond donors (Lipinski definition) is 0. The Hall–Kier alpha value is -10.6. The molecule has 0 aliphatic rings. The van der Waals surface area contributed by atoms with Crippen molar-refractivity contribution >= 4 is 14.5 Å². The third-order valence-electron chi connectivity index (χ3n) is 1.18. The smallest absolute Gasteiger partial charge is 0.0670 e. The number of unbranched alkanes of at least 4 members (excludes halogenated alkanes) is 4. The van der Waals surface area contributed by atoms with Crippen molar-refractivity contribution in [1.82, 2.24) is 0 Å². The van der Waals surface area contributed by atoms with Gasteiger partial charge < -0.3 is 27.7 Å². The normalized spacial score (nSPS) is 4.41. The van der Waals surface area contributed by atoms with Gasteiger partial charge in [0.2, 0.25) is 0 Å². The molecule has 846 valence electrons. The van der Waals surface area contributed by atoms with Crippen molar-refractivity contribution in [2.24, 2.45) is 0 Å². The molecule has 0 aliphatic carbocycles. The number of rotatable bonds is 5. The highest BCUT2D eigenvalue weighted by atomic mass is 31.1. The molecule has 1 atom stereocenters. The topological polar surface area (TPSA) is 0 Å². The zero-order valence-corrected chi connectivity index (χ0v) is 100. The van der Waals surface area contributed by atoms with Crippen LogP contribution in [0.3, 0.4) is 0 Å². The van der Waals surface area contributed by atoms with Crippen molar-refractivity contribution in [2.45, 2.75) is 186 Å². The van der Waals surface area contributed by atoms with Crippen LogP contribution in [0.25, 0.3) is 0 Å². The first-order valence-corrected chi connectivity index (χ1v) is 44.1. The molecule has 0 rings (SSSR count). The Morgan fingerprint density at radius 1 is 0.0993 bits per heavy atom. The molecule has 0 bridgehead atoms. The van der Waals surface area contributed by atoms with Gasteiger partial charge in [0.15, 0.2) is 0 Å². The highest BCUT2D eigenvalue weighted by Crippen LogP contribution is 1.81. The van der Waals surface area contributed by atoms with Crippen LogP contribution in [0.4, 0.5) is 0 Å². The lowest BCUT2D eigenvalue weighted by Gasteiger charge is -1.71. The van der Waals surface area contributed by atoms with Crippen LogP contribution in [0.2, 0.25) is 0 Å². The van der Waals surface area contributed by atoms with Crippen molar-refractivity contribution in [3.63, 3.8) is 0 Å². The van der Waals surface area contributed by atoms with Gasteiger partial charge in [-0.2, -0.15) is 0 Å². The number of hydrogen-bond acceptors (Lipinski definition) is 0. The molecule has 0 nitrogen and oxygen atoms in total. The molecule has 0 heterocycles. The van der Waals surface area contributed by atoms with Crippen molar-refractivity contribution in [3.8, 4) is 0 Å². The van der Waals surface area contributed by atoms with E-state index in [4.69, 9.17) is 0 Å². The summed E-state index contributed by atoms with van der Waals surface area (Å²) in [6.45, 7) is 348. The van der Waals surface area contributed by atoms with Gasteiger partial charge in [-0.1, -0.05) is 0 Å². The molecule has 0 radical (unpaired) electrons. The molecule has 0 aromatic rings. The first kappa shape index (κ1) is 384. The van der Waals surface area contributed by atoms with Crippen LogP contribution in [-0.2, 0) is 0 Å². The molecule has 0 aromatic heterocycles. The summed E-state index contributed by atoms with van der Waals surface area (Å²) < 4.78 is 0. The van der Waals surface area contributed by atoms with Crippen molar-refractivity contribution in [3.05, 3.63) is 735 Å². The summed E-state index contributed by atoms with van der Waals surface area (Å²) in [5.74, 6) is 0. The molecule has 0 saturated carbocycles. The molecule has 0 saturated heterocycles. The lowest BCUT2D eigenvalue weighted by Crippen LogP contribution is -1.49. The van der Waals surface area contributed by atoms with Gasteiger partial charge in [0.25, 0.3) is 0 Å². The van der Waals surface area contributed by atoms with E-state index < -0.39 is 0 Å². The minimum absolute atomic E-state index is 0.750. The summed E-state index contributed by atoms with van der Waals surface area (Å²) in [6.07, 6.45) is 28.0. The Labute approximate surface area is 935 Å². The third-order valence-corrected chi connectivity index (χ3v) is 1.53. The Kier molecular flexibility index (Phi) is 14000. The van der Waals surface area contributed by atoms with Crippen LogP contribution in [-0.4, -0.2) is 12.5 Å². The molecular weight excluding hydrogens is 1710 g/mol. The van der Waals surface area contributed by atoms with Crippen LogP contribution in [0.1, 0.15) is 186 Å². The molecule has 0 aliphatic heterocycles. The highest BCUT2D eigenvalue weighted by Gasteiger charge is 1.59. The minimum Gasteiger partial charge on any atom is -0.339 e. The fraction of sp³-hybridized carbons (Fsp3) is 0.214. The van der Waals surface area contributed by atoms with E-state index in [1.165, 1.54) is 0 Å². The Morgan fingerprint density at radius 3 is 0.113 bits per heavy atom. The largest absolute Gasteiger partial charge is 0.339 e. The maximum absolute atomic E-state index is 3.57. The van der Waals surface area contributed by atoms with Crippen LogP contribution >= 0.6 is 8.20 Å². The lowest BCUT2D eigenvalue weighted by atomic mass is 10.4. The SMILES string of the molecule is C=C.C=C.C=C.C=C.C=C.C=C.C=C.C=C.C=C.C=C.C=C.C=C.C=C.C=C.C=C.C=C.C=C.C=C.C=C.C=C.C=C.C=C.C=C.C=C.C=C.C=C.C=C.C=C.C=C.C=[PH+]C[CH2-].[CH2+]CC[CH2-].[CH2+]CC[CH2-].[CH2+]CC[CH2-].[CH2+]CC[CH2-].[CH2+]C[CH2-].[CH2+]C[CH2-].[CH2+]C[CH2-].[CH2+]C[CH2-].[CH2+]C[CH2-].[CH2+]C[CH2-].[CH2+]C[CH2-].[CH2+]C[CH2-].[CH2+]C[CH2-].[CH2+]C[CH2-].[CH2+]C[CH2-].[CH2+]C[CH2-].[CH2+]C[CH2-].[CH2+]C[CH2-].[CH2+]C[CH2-].[CH2+]C[CH2-].[CH2+]C[CH2-].[CH2+]C[CH2-].[CH2+]C[CH2-].[CH2+]C[CH2-].[CH2+]C[CH2-]. The molecule has 0 N–H and O–H groups in total. The molecular formula is C140H281P. The predicted octanol–water partition coefficient (Wildman–Crippen LogP) is 51.9. The van der Waals surface area contributed by atoms with E-state index in [0.717, 1.165) is 201 Å². The second-order valence-electron chi connectivity index (χ2n) is 10.8. The van der Waals surface area contributed by atoms with E-state index in [1.807, 2.05) is 0 Å². The summed E-state index contributed by atoms with van der Waals surface area (Å²) in [5, 5.41) is 0. The fourth-order valence-electron chi connectivity index (χ4n) is 0. The highest BCUT2D eigenvalue weighted by molar-refractivity contribution is 7.36. The van der Waals surface area contributed by atoms with Gasteiger partial charge in [-0.15, -0.1) is 407 Å². The molecule has 0 aromatic carbocycles. The van der Waals surface area contributed by atoms with E-state index in [9.17, 15) is 0 Å².